The Morgan fingerprint density at radius 1 is 1.58 bits per heavy atom. The molecule has 3 heteroatoms. The maximum atomic E-state index is 9.43. The van der Waals surface area contributed by atoms with Crippen LogP contribution in [-0.2, 0) is 0 Å². The number of aromatic hydroxyl groups is 1. The lowest BCUT2D eigenvalue weighted by Gasteiger charge is -2.11. The third kappa shape index (κ3) is 1.80. The van der Waals surface area contributed by atoms with Gasteiger partial charge in [-0.3, -0.25) is 0 Å². The molecule has 62 valence electrons. The number of hydrogen-bond donors (Lipinski definition) is 2. The lowest BCUT2D eigenvalue weighted by atomic mass is 9.92. The highest BCUT2D eigenvalue weighted by molar-refractivity contribution is 6.32. The zero-order valence-electron chi connectivity index (χ0n) is 7.12. The van der Waals surface area contributed by atoms with Crippen LogP contribution in [0, 0.1) is 0 Å². The fourth-order valence-electron chi connectivity index (χ4n) is 1.09. The van der Waals surface area contributed by atoms with E-state index in [1.165, 1.54) is 6.07 Å². The zero-order valence-corrected chi connectivity index (χ0v) is 7.12. The highest BCUT2D eigenvalue weighted by atomic mass is 16.3. The van der Waals surface area contributed by atoms with Crippen LogP contribution in [0.1, 0.15) is 24.9 Å². The Hall–Kier alpha value is -0.955. The number of phenolic OH excluding ortho intramolecular Hbond substituents is 1. The third-order valence-electron chi connectivity index (χ3n) is 1.89. The molecule has 0 aliphatic carbocycles. The molecule has 0 amide bonds. The van der Waals surface area contributed by atoms with Gasteiger partial charge in [0, 0.05) is 11.6 Å². The first-order chi connectivity index (χ1) is 5.65. The summed E-state index contributed by atoms with van der Waals surface area (Å²) in [6, 6.07) is 4.92. The molecule has 0 saturated heterocycles. The van der Waals surface area contributed by atoms with Gasteiger partial charge in [0.25, 0.3) is 0 Å². The van der Waals surface area contributed by atoms with E-state index in [1.807, 2.05) is 6.92 Å². The largest absolute Gasteiger partial charge is 0.508 e. The summed E-state index contributed by atoms with van der Waals surface area (Å²) in [5.74, 6) is 0.185. The molecule has 0 fully saturated rings. The van der Waals surface area contributed by atoms with E-state index in [0.29, 0.717) is 5.46 Å². The Morgan fingerprint density at radius 3 is 2.75 bits per heavy atom. The van der Waals surface area contributed by atoms with E-state index in [4.69, 9.17) is 13.6 Å². The Kier molecular flexibility index (Phi) is 2.76. The van der Waals surface area contributed by atoms with Gasteiger partial charge in [-0.05, 0) is 12.5 Å². The second-order valence-corrected chi connectivity index (χ2v) is 2.83. The summed E-state index contributed by atoms with van der Waals surface area (Å²) in [5, 5.41) is 9.43. The Morgan fingerprint density at radius 2 is 2.25 bits per heavy atom. The second kappa shape index (κ2) is 3.63. The highest BCUT2D eigenvalue weighted by Crippen LogP contribution is 2.22. The molecule has 0 aliphatic rings. The minimum atomic E-state index is -0.106. The van der Waals surface area contributed by atoms with E-state index in [0.717, 1.165) is 12.0 Å². The highest BCUT2D eigenvalue weighted by Gasteiger charge is 2.07. The second-order valence-electron chi connectivity index (χ2n) is 2.83. The average molecular weight is 161 g/mol. The van der Waals surface area contributed by atoms with Crippen LogP contribution in [0.2, 0.25) is 0 Å². The van der Waals surface area contributed by atoms with Crippen LogP contribution < -0.4 is 11.2 Å². The summed E-state index contributed by atoms with van der Waals surface area (Å²) in [5.41, 5.74) is 7.06. The monoisotopic (exact) mass is 161 g/mol. The van der Waals surface area contributed by atoms with Crippen molar-refractivity contribution in [3.63, 3.8) is 0 Å². The van der Waals surface area contributed by atoms with Crippen LogP contribution in [-0.4, -0.2) is 13.0 Å². The molecule has 0 aliphatic heterocycles. The minimum Gasteiger partial charge on any atom is -0.508 e. The molecular weight excluding hydrogens is 149 g/mol. The van der Waals surface area contributed by atoms with E-state index >= 15 is 0 Å². The van der Waals surface area contributed by atoms with Crippen molar-refractivity contribution in [1.82, 2.24) is 0 Å². The number of phenols is 1. The first kappa shape index (κ1) is 9.14. The molecule has 1 unspecified atom stereocenters. The van der Waals surface area contributed by atoms with E-state index < -0.39 is 0 Å². The van der Waals surface area contributed by atoms with Gasteiger partial charge in [0.15, 0.2) is 0 Å². The van der Waals surface area contributed by atoms with Crippen LogP contribution in [0.3, 0.4) is 0 Å². The van der Waals surface area contributed by atoms with Crippen LogP contribution in [0.4, 0.5) is 0 Å². The topological polar surface area (TPSA) is 46.2 Å². The van der Waals surface area contributed by atoms with Crippen molar-refractivity contribution in [1.29, 1.82) is 0 Å². The molecule has 12 heavy (non-hydrogen) atoms. The first-order valence-corrected chi connectivity index (χ1v) is 3.99. The lowest BCUT2D eigenvalue weighted by Crippen LogP contribution is -2.11. The average Bonchev–Trinajstić information content (AvgIpc) is 2.03. The fraction of sp³-hybridized carbons (Fsp3) is 0.333. The molecule has 0 saturated carbocycles. The van der Waals surface area contributed by atoms with Crippen LogP contribution in [0.5, 0.6) is 5.75 Å². The Balaban J connectivity index is 3.01. The number of hydrogen-bond acceptors (Lipinski definition) is 2. The molecule has 3 N–H and O–H groups in total. The van der Waals surface area contributed by atoms with E-state index in [2.05, 4.69) is 0 Å². The Bertz CT molecular complexity index is 275. The summed E-state index contributed by atoms with van der Waals surface area (Å²) >= 11 is 0. The molecule has 0 aromatic heterocycles. The molecule has 0 bridgehead atoms. The third-order valence-corrected chi connectivity index (χ3v) is 1.89. The SMILES string of the molecule is [B]c1ccc(C(N)CC)c(O)c1. The number of benzene rings is 1. The van der Waals surface area contributed by atoms with Crippen LogP contribution in [0.15, 0.2) is 18.2 Å². The summed E-state index contributed by atoms with van der Waals surface area (Å²) in [6.45, 7) is 1.97. The molecule has 1 atom stereocenters. The number of rotatable bonds is 2. The van der Waals surface area contributed by atoms with E-state index in [1.54, 1.807) is 12.1 Å². The van der Waals surface area contributed by atoms with Gasteiger partial charge in [0.1, 0.15) is 13.6 Å². The summed E-state index contributed by atoms with van der Waals surface area (Å²) in [4.78, 5) is 0. The predicted molar refractivity (Wildman–Crippen MR) is 50.7 cm³/mol. The molecule has 2 nitrogen and oxygen atoms in total. The summed E-state index contributed by atoms with van der Waals surface area (Å²) in [6.07, 6.45) is 0.803. The van der Waals surface area contributed by atoms with Crippen molar-refractivity contribution >= 4 is 13.3 Å². The molecule has 1 rings (SSSR count). The van der Waals surface area contributed by atoms with Crippen molar-refractivity contribution < 1.29 is 5.11 Å². The van der Waals surface area contributed by atoms with Gasteiger partial charge < -0.3 is 10.8 Å². The molecule has 1 aromatic carbocycles. The van der Waals surface area contributed by atoms with E-state index in [9.17, 15) is 5.11 Å². The van der Waals surface area contributed by atoms with Gasteiger partial charge in [-0.1, -0.05) is 24.5 Å². The molecule has 2 radical (unpaired) electrons. The molecule has 0 spiro atoms. The van der Waals surface area contributed by atoms with Crippen molar-refractivity contribution in [2.45, 2.75) is 19.4 Å². The Labute approximate surface area is 73.8 Å². The zero-order chi connectivity index (χ0) is 9.14. The summed E-state index contributed by atoms with van der Waals surface area (Å²) < 4.78 is 0. The molecule has 0 heterocycles. The number of nitrogens with two attached hydrogens (primary N) is 1. The minimum absolute atomic E-state index is 0.106. The van der Waals surface area contributed by atoms with Crippen molar-refractivity contribution in [3.8, 4) is 5.75 Å². The fourth-order valence-corrected chi connectivity index (χ4v) is 1.09. The quantitative estimate of drug-likeness (QED) is 0.623. The van der Waals surface area contributed by atoms with Crippen molar-refractivity contribution in [3.05, 3.63) is 23.8 Å². The van der Waals surface area contributed by atoms with Crippen LogP contribution >= 0.6 is 0 Å². The summed E-state index contributed by atoms with van der Waals surface area (Å²) in [7, 11) is 5.47. The van der Waals surface area contributed by atoms with Gasteiger partial charge in [-0.2, -0.15) is 0 Å². The maximum Gasteiger partial charge on any atom is 0.119 e. The normalized spacial score (nSPS) is 12.8. The van der Waals surface area contributed by atoms with Gasteiger partial charge in [0.2, 0.25) is 0 Å². The van der Waals surface area contributed by atoms with Gasteiger partial charge in [0.05, 0.1) is 0 Å². The maximum absolute atomic E-state index is 9.43. The van der Waals surface area contributed by atoms with Crippen molar-refractivity contribution in [2.75, 3.05) is 0 Å². The van der Waals surface area contributed by atoms with E-state index in [-0.39, 0.29) is 11.8 Å². The first-order valence-electron chi connectivity index (χ1n) is 3.99. The van der Waals surface area contributed by atoms with Crippen molar-refractivity contribution in [2.24, 2.45) is 5.73 Å². The van der Waals surface area contributed by atoms with Crippen LogP contribution in [0.25, 0.3) is 0 Å². The molecular formula is C9H12BNO. The van der Waals surface area contributed by atoms with Gasteiger partial charge in [-0.15, -0.1) is 0 Å². The predicted octanol–water partition coefficient (Wildman–Crippen LogP) is 0.596. The lowest BCUT2D eigenvalue weighted by molar-refractivity contribution is 0.461. The van der Waals surface area contributed by atoms with Gasteiger partial charge in [-0.25, -0.2) is 0 Å². The smallest absolute Gasteiger partial charge is 0.119 e. The molecule has 1 aromatic rings. The van der Waals surface area contributed by atoms with Gasteiger partial charge >= 0.3 is 0 Å². The standard InChI is InChI=1S/C9H12BNO/c1-2-8(11)7-4-3-6(10)5-9(7)12/h3-5,8,12H,2,11H2,1H3.